The Morgan fingerprint density at radius 2 is 1.77 bits per heavy atom. The molecule has 5 rings (SSSR count). The molecule has 4 aromatic rings. The number of methoxy groups -OCH3 is 1. The van der Waals surface area contributed by atoms with Gasteiger partial charge in [0.05, 0.1) is 18.1 Å². The summed E-state index contributed by atoms with van der Waals surface area (Å²) in [6, 6.07) is 20.2. The number of carbonyl (C=O) groups is 1. The summed E-state index contributed by atoms with van der Waals surface area (Å²) in [6.45, 7) is 4.61. The molecule has 1 fully saturated rings. The maximum atomic E-state index is 13.9. The van der Waals surface area contributed by atoms with Crippen molar-refractivity contribution < 1.29 is 14.1 Å². The minimum atomic E-state index is -0.115. The Balaban J connectivity index is 1.30. The molecule has 2 atom stereocenters. The molecule has 1 aliphatic carbocycles. The molecule has 2 aromatic heterocycles. The zero-order chi connectivity index (χ0) is 33.0. The predicted molar refractivity (Wildman–Crippen MR) is 184 cm³/mol. The van der Waals surface area contributed by atoms with Crippen molar-refractivity contribution in [3.63, 3.8) is 0 Å². The number of hydrogen-bond acceptors (Lipinski definition) is 8. The van der Waals surface area contributed by atoms with Gasteiger partial charge in [-0.3, -0.25) is 4.68 Å². The predicted octanol–water partition coefficient (Wildman–Crippen LogP) is 6.13. The Hall–Kier alpha value is -5.08. The number of hydrogen-bond donors (Lipinski definition) is 3. The van der Waals surface area contributed by atoms with E-state index < -0.39 is 0 Å². The van der Waals surface area contributed by atoms with Crippen LogP contribution in [0.1, 0.15) is 50.2 Å². The van der Waals surface area contributed by atoms with Crippen LogP contribution in [0.2, 0.25) is 0 Å². The fraction of sp³-hybridized carbons (Fsp3) is 0.389. The van der Waals surface area contributed by atoms with Gasteiger partial charge >= 0.3 is 6.03 Å². The molecule has 0 spiro atoms. The third-order valence-electron chi connectivity index (χ3n) is 8.35. The standard InChI is InChI=1S/C36H43N9O2/c1-4-10-31-32(13-8-18-39-35-40-23-28(21-37)34(43-35)38-19-9-20-47-3)33(31)45(36(46)41-22-26-11-6-5-7-12-26)30-16-14-27(15-17-30)29-24-42-44(2)25-29/h5-7,11-12,14-17,23-25,31-32H,4,8-10,13,18-20,22H2,1-3H3,(H2-,38,39,40,41,43,46)/p+1/b45-33-. The molecule has 2 unspecified atom stereocenters. The second-order valence-electron chi connectivity index (χ2n) is 11.8. The molecule has 244 valence electrons. The molecule has 2 aromatic carbocycles. The average molecular weight is 635 g/mol. The molecule has 3 N–H and O–H groups in total. The molecule has 1 aliphatic rings. The second kappa shape index (κ2) is 16.5. The van der Waals surface area contributed by atoms with E-state index >= 15 is 0 Å². The molecule has 0 saturated heterocycles. The maximum absolute atomic E-state index is 13.9. The largest absolute Gasteiger partial charge is 0.496 e. The summed E-state index contributed by atoms with van der Waals surface area (Å²) in [6.07, 6.45) is 10.1. The van der Waals surface area contributed by atoms with Crippen LogP contribution < -0.4 is 16.0 Å². The normalized spacial score (nSPS) is 16.3. The number of anilines is 2. The first kappa shape index (κ1) is 33.3. The Morgan fingerprint density at radius 3 is 2.47 bits per heavy atom. The van der Waals surface area contributed by atoms with Gasteiger partial charge in [0.15, 0.2) is 0 Å². The Morgan fingerprint density at radius 1 is 1.00 bits per heavy atom. The van der Waals surface area contributed by atoms with Gasteiger partial charge in [0.2, 0.25) is 5.95 Å². The number of carbonyl (C=O) groups excluding carboxylic acids is 1. The Kier molecular flexibility index (Phi) is 11.7. The molecule has 0 radical (unpaired) electrons. The van der Waals surface area contributed by atoms with Gasteiger partial charge in [-0.25, -0.2) is 10.3 Å². The summed E-state index contributed by atoms with van der Waals surface area (Å²) < 4.78 is 8.80. The Labute approximate surface area is 276 Å². The van der Waals surface area contributed by atoms with Crippen LogP contribution in [0.5, 0.6) is 0 Å². The summed E-state index contributed by atoms with van der Waals surface area (Å²) in [5.74, 6) is 1.65. The van der Waals surface area contributed by atoms with E-state index in [1.54, 1.807) is 18.0 Å². The minimum absolute atomic E-state index is 0.115. The zero-order valence-electron chi connectivity index (χ0n) is 27.4. The molecule has 11 nitrogen and oxygen atoms in total. The van der Waals surface area contributed by atoms with E-state index in [1.165, 1.54) is 5.71 Å². The van der Waals surface area contributed by atoms with Gasteiger partial charge in [-0.15, -0.1) is 0 Å². The molecule has 11 heteroatoms. The lowest BCUT2D eigenvalue weighted by molar-refractivity contribution is -0.333. The highest BCUT2D eigenvalue weighted by Gasteiger charge is 2.51. The molecule has 2 amide bonds. The maximum Gasteiger partial charge on any atom is 0.496 e. The van der Waals surface area contributed by atoms with E-state index in [4.69, 9.17) is 4.74 Å². The average Bonchev–Trinajstić information content (AvgIpc) is 3.56. The van der Waals surface area contributed by atoms with Crippen LogP contribution in [0.15, 0.2) is 73.2 Å². The molecular formula is C36H44N9O2+. The number of amides is 2. The fourth-order valence-electron chi connectivity index (χ4n) is 5.94. The van der Waals surface area contributed by atoms with Gasteiger partial charge in [0.1, 0.15) is 29.7 Å². The molecule has 0 bridgehead atoms. The summed E-state index contributed by atoms with van der Waals surface area (Å²) in [7, 11) is 3.57. The van der Waals surface area contributed by atoms with Crippen molar-refractivity contribution in [1.82, 2.24) is 25.1 Å². The van der Waals surface area contributed by atoms with Gasteiger partial charge in [-0.1, -0.05) is 55.8 Å². The van der Waals surface area contributed by atoms with Gasteiger partial charge < -0.3 is 15.4 Å². The number of urea groups is 1. The quantitative estimate of drug-likeness (QED) is 0.0991. The molecule has 1 saturated carbocycles. The zero-order valence-corrected chi connectivity index (χ0v) is 27.4. The SMILES string of the molecule is CCCC1/C(=[N+](/C(=O)NCc2ccccc2)c2ccc(-c3cnn(C)c3)cc2)C1CCCNc1ncc(C#N)c(NCCCOC)n1. The lowest BCUT2D eigenvalue weighted by Crippen LogP contribution is -2.32. The fourth-order valence-corrected chi connectivity index (χ4v) is 5.94. The number of rotatable bonds is 16. The summed E-state index contributed by atoms with van der Waals surface area (Å²) in [5, 5.41) is 23.5. The number of nitrogens with one attached hydrogen (secondary N) is 3. The van der Waals surface area contributed by atoms with Crippen molar-refractivity contribution in [2.24, 2.45) is 18.9 Å². The number of nitriles is 1. The highest BCUT2D eigenvalue weighted by Crippen LogP contribution is 2.43. The number of aromatic nitrogens is 4. The van der Waals surface area contributed by atoms with E-state index in [0.717, 1.165) is 54.5 Å². The number of ether oxygens (including phenoxy) is 1. The van der Waals surface area contributed by atoms with Crippen molar-refractivity contribution in [3.8, 4) is 17.2 Å². The van der Waals surface area contributed by atoms with Crippen molar-refractivity contribution in [2.75, 3.05) is 37.4 Å². The van der Waals surface area contributed by atoms with Crippen LogP contribution in [0.4, 0.5) is 22.2 Å². The molecular weight excluding hydrogens is 590 g/mol. The minimum Gasteiger partial charge on any atom is -0.385 e. The summed E-state index contributed by atoms with van der Waals surface area (Å²) in [5.41, 5.74) is 5.58. The van der Waals surface area contributed by atoms with Gasteiger partial charge in [0, 0.05) is 57.4 Å². The second-order valence-corrected chi connectivity index (χ2v) is 11.8. The van der Waals surface area contributed by atoms with E-state index in [0.29, 0.717) is 55.4 Å². The summed E-state index contributed by atoms with van der Waals surface area (Å²) in [4.78, 5) is 22.7. The van der Waals surface area contributed by atoms with Crippen LogP contribution >= 0.6 is 0 Å². The van der Waals surface area contributed by atoms with Gasteiger partial charge in [-0.2, -0.15) is 24.7 Å². The van der Waals surface area contributed by atoms with Crippen LogP contribution in [-0.4, -0.2) is 62.9 Å². The van der Waals surface area contributed by atoms with Crippen LogP contribution in [-0.2, 0) is 18.3 Å². The smallest absolute Gasteiger partial charge is 0.385 e. The lowest BCUT2D eigenvalue weighted by atomic mass is 10.1. The number of aryl methyl sites for hydroxylation is 1. The monoisotopic (exact) mass is 634 g/mol. The van der Waals surface area contributed by atoms with Crippen LogP contribution in [0.3, 0.4) is 0 Å². The number of benzene rings is 2. The highest BCUT2D eigenvalue weighted by molar-refractivity contribution is 6.03. The van der Waals surface area contributed by atoms with Crippen LogP contribution in [0.25, 0.3) is 11.1 Å². The summed E-state index contributed by atoms with van der Waals surface area (Å²) >= 11 is 0. The van der Waals surface area contributed by atoms with Crippen LogP contribution in [0, 0.1) is 23.2 Å². The third kappa shape index (κ3) is 8.80. The van der Waals surface area contributed by atoms with E-state index in [-0.39, 0.29) is 6.03 Å². The molecule has 0 aliphatic heterocycles. The number of nitrogens with zero attached hydrogens (tertiary/aromatic N) is 6. The Bertz CT molecular complexity index is 1690. The topological polar surface area (TPSA) is 133 Å². The lowest BCUT2D eigenvalue weighted by Gasteiger charge is -2.10. The highest BCUT2D eigenvalue weighted by atomic mass is 16.5. The first-order chi connectivity index (χ1) is 23.0. The van der Waals surface area contributed by atoms with E-state index in [2.05, 4.69) is 56.1 Å². The van der Waals surface area contributed by atoms with Gasteiger partial charge in [0.25, 0.3) is 0 Å². The third-order valence-corrected chi connectivity index (χ3v) is 8.35. The molecule has 2 heterocycles. The molecule has 47 heavy (non-hydrogen) atoms. The van der Waals surface area contributed by atoms with Crippen molar-refractivity contribution in [3.05, 3.63) is 84.3 Å². The van der Waals surface area contributed by atoms with E-state index in [1.807, 2.05) is 66.5 Å². The van der Waals surface area contributed by atoms with Crippen molar-refractivity contribution >= 4 is 29.2 Å². The first-order valence-electron chi connectivity index (χ1n) is 16.3. The van der Waals surface area contributed by atoms with Gasteiger partial charge in [-0.05, 0) is 48.9 Å². The van der Waals surface area contributed by atoms with Crippen molar-refractivity contribution in [2.45, 2.75) is 45.6 Å². The van der Waals surface area contributed by atoms with E-state index in [9.17, 15) is 10.1 Å². The first-order valence-corrected chi connectivity index (χ1v) is 16.3. The van der Waals surface area contributed by atoms with Crippen molar-refractivity contribution in [1.29, 1.82) is 5.26 Å².